The van der Waals surface area contributed by atoms with Crippen molar-refractivity contribution >= 4 is 20.6 Å². The molecule has 0 N–H and O–H groups in total. The van der Waals surface area contributed by atoms with Gasteiger partial charge in [-0.1, -0.05) is 24.3 Å². The molecule has 0 atom stereocenters. The zero-order valence-electron chi connectivity index (χ0n) is 8.05. The van der Waals surface area contributed by atoms with E-state index in [0.29, 0.717) is 5.56 Å². The van der Waals surface area contributed by atoms with Crippen LogP contribution in [0.1, 0.15) is 5.56 Å². The first-order valence-electron chi connectivity index (χ1n) is 4.44. The van der Waals surface area contributed by atoms with Crippen molar-refractivity contribution in [2.24, 2.45) is 0 Å². The van der Waals surface area contributed by atoms with E-state index in [0.717, 1.165) is 10.8 Å². The predicted molar refractivity (Wildman–Crippen MR) is 59.7 cm³/mol. The average Bonchev–Trinajstić information content (AvgIpc) is 2.16. The van der Waals surface area contributed by atoms with E-state index in [-0.39, 0.29) is 5.75 Å². The van der Waals surface area contributed by atoms with E-state index in [1.54, 1.807) is 12.4 Å². The fraction of sp³-hybridized carbons (Fsp3) is 0.0909. The summed E-state index contributed by atoms with van der Waals surface area (Å²) in [4.78, 5) is 4.00. The number of sulfone groups is 1. The van der Waals surface area contributed by atoms with E-state index >= 15 is 0 Å². The van der Waals surface area contributed by atoms with Gasteiger partial charge in [0, 0.05) is 17.8 Å². The molecule has 2 aromatic rings. The van der Waals surface area contributed by atoms with Gasteiger partial charge in [-0.25, -0.2) is 8.42 Å². The van der Waals surface area contributed by atoms with E-state index < -0.39 is 9.84 Å². The van der Waals surface area contributed by atoms with Gasteiger partial charge in [0.05, 0.1) is 12.0 Å². The molecule has 15 heavy (non-hydrogen) atoms. The molecule has 2 rings (SSSR count). The molecule has 0 aliphatic rings. The van der Waals surface area contributed by atoms with Crippen molar-refractivity contribution in [3.05, 3.63) is 48.5 Å². The van der Waals surface area contributed by atoms with Gasteiger partial charge < -0.3 is 0 Å². The zero-order valence-corrected chi connectivity index (χ0v) is 8.87. The number of benzene rings is 1. The molecule has 0 aliphatic carbocycles. The van der Waals surface area contributed by atoms with Crippen molar-refractivity contribution in [1.82, 2.24) is 4.98 Å². The standard InChI is InChI=1S/C11H10NO2S/c1-15(13,14)8-10-7-12-6-9-4-2-3-5-11(9)10/h2-7H,1,8H2. The lowest BCUT2D eigenvalue weighted by atomic mass is 10.1. The first-order valence-corrected chi connectivity index (χ1v) is 6.26. The lowest BCUT2D eigenvalue weighted by Crippen LogP contribution is -1.99. The minimum Gasteiger partial charge on any atom is -0.264 e. The van der Waals surface area contributed by atoms with Crippen LogP contribution in [-0.2, 0) is 15.6 Å². The number of nitrogens with zero attached hydrogens (tertiary/aromatic N) is 1. The highest BCUT2D eigenvalue weighted by atomic mass is 32.2. The Kier molecular flexibility index (Phi) is 2.44. The summed E-state index contributed by atoms with van der Waals surface area (Å²) in [6.07, 6.45) is 6.41. The van der Waals surface area contributed by atoms with Gasteiger partial charge in [-0.15, -0.1) is 0 Å². The van der Waals surface area contributed by atoms with E-state index in [4.69, 9.17) is 0 Å². The molecule has 0 unspecified atom stereocenters. The second kappa shape index (κ2) is 3.62. The first-order chi connectivity index (χ1) is 7.06. The molecule has 77 valence electrons. The molecular formula is C11H10NO2S. The number of fused-ring (bicyclic) bond motifs is 1. The molecular weight excluding hydrogens is 210 g/mol. The summed E-state index contributed by atoms with van der Waals surface area (Å²) in [5, 5.41) is 1.86. The maximum Gasteiger partial charge on any atom is 0.155 e. The van der Waals surface area contributed by atoms with Gasteiger partial charge in [-0.2, -0.15) is 0 Å². The third kappa shape index (κ3) is 2.33. The van der Waals surface area contributed by atoms with Crippen LogP contribution in [-0.4, -0.2) is 13.4 Å². The van der Waals surface area contributed by atoms with Crippen LogP contribution in [0.2, 0.25) is 0 Å². The second-order valence-corrected chi connectivity index (χ2v) is 5.18. The van der Waals surface area contributed by atoms with Crippen LogP contribution in [0, 0.1) is 6.26 Å². The maximum atomic E-state index is 11.1. The van der Waals surface area contributed by atoms with Crippen molar-refractivity contribution in [3.63, 3.8) is 0 Å². The van der Waals surface area contributed by atoms with Crippen LogP contribution >= 0.6 is 0 Å². The van der Waals surface area contributed by atoms with E-state index in [1.807, 2.05) is 24.3 Å². The van der Waals surface area contributed by atoms with Crippen LogP contribution in [0.15, 0.2) is 36.7 Å². The Morgan fingerprint density at radius 3 is 2.67 bits per heavy atom. The number of hydrogen-bond acceptors (Lipinski definition) is 3. The molecule has 0 saturated carbocycles. The van der Waals surface area contributed by atoms with E-state index in [1.165, 1.54) is 0 Å². The summed E-state index contributed by atoms with van der Waals surface area (Å²) in [6.45, 7) is 0. The average molecular weight is 220 g/mol. The second-order valence-electron chi connectivity index (χ2n) is 3.41. The van der Waals surface area contributed by atoms with Crippen molar-refractivity contribution in [1.29, 1.82) is 0 Å². The fourth-order valence-electron chi connectivity index (χ4n) is 1.53. The number of pyridine rings is 1. The SMILES string of the molecule is [CH2]S(=O)(=O)Cc1cncc2ccccc12. The molecule has 1 aromatic carbocycles. The van der Waals surface area contributed by atoms with Gasteiger partial charge in [0.1, 0.15) is 0 Å². The van der Waals surface area contributed by atoms with Crippen molar-refractivity contribution in [2.45, 2.75) is 5.75 Å². The number of hydrogen-bond donors (Lipinski definition) is 0. The highest BCUT2D eigenvalue weighted by Gasteiger charge is 2.08. The lowest BCUT2D eigenvalue weighted by molar-refractivity contribution is 0.603. The topological polar surface area (TPSA) is 47.0 Å². The Balaban J connectivity index is 2.61. The minimum absolute atomic E-state index is 0.0681. The molecule has 0 aliphatic heterocycles. The Hall–Kier alpha value is -1.42. The molecule has 1 radical (unpaired) electrons. The van der Waals surface area contributed by atoms with Crippen LogP contribution < -0.4 is 0 Å². The molecule has 0 saturated heterocycles. The van der Waals surface area contributed by atoms with Crippen LogP contribution in [0.4, 0.5) is 0 Å². The first kappa shape index (κ1) is 10.1. The molecule has 1 heterocycles. The summed E-state index contributed by atoms with van der Waals surface area (Å²) in [7, 11) is -3.26. The Morgan fingerprint density at radius 2 is 1.93 bits per heavy atom. The normalized spacial score (nSPS) is 11.8. The van der Waals surface area contributed by atoms with Gasteiger partial charge in [0.2, 0.25) is 0 Å². The van der Waals surface area contributed by atoms with E-state index in [9.17, 15) is 8.42 Å². The van der Waals surface area contributed by atoms with Gasteiger partial charge in [-0.3, -0.25) is 4.98 Å². The predicted octanol–water partition coefficient (Wildman–Crippen LogP) is 1.94. The molecule has 0 spiro atoms. The smallest absolute Gasteiger partial charge is 0.155 e. The van der Waals surface area contributed by atoms with Crippen LogP contribution in [0.5, 0.6) is 0 Å². The summed E-state index contributed by atoms with van der Waals surface area (Å²) in [6, 6.07) is 7.56. The Labute approximate surface area is 88.7 Å². The highest BCUT2D eigenvalue weighted by molar-refractivity contribution is 7.91. The van der Waals surface area contributed by atoms with Gasteiger partial charge in [0.25, 0.3) is 0 Å². The Morgan fingerprint density at radius 1 is 1.20 bits per heavy atom. The molecule has 0 bridgehead atoms. The highest BCUT2D eigenvalue weighted by Crippen LogP contribution is 2.18. The molecule has 0 fully saturated rings. The molecule has 4 heteroatoms. The summed E-state index contributed by atoms with van der Waals surface area (Å²) in [5.74, 6) is -0.0681. The van der Waals surface area contributed by atoms with Crippen molar-refractivity contribution in [3.8, 4) is 0 Å². The third-order valence-corrected chi connectivity index (χ3v) is 2.88. The third-order valence-electron chi connectivity index (χ3n) is 2.13. The van der Waals surface area contributed by atoms with Gasteiger partial charge in [0.15, 0.2) is 9.84 Å². The molecule has 1 aromatic heterocycles. The molecule has 0 amide bonds. The Bertz CT molecular complexity index is 585. The zero-order chi connectivity index (χ0) is 10.9. The summed E-state index contributed by atoms with van der Waals surface area (Å²) < 4.78 is 22.2. The summed E-state index contributed by atoms with van der Waals surface area (Å²) >= 11 is 0. The van der Waals surface area contributed by atoms with Gasteiger partial charge >= 0.3 is 0 Å². The number of aromatic nitrogens is 1. The van der Waals surface area contributed by atoms with Crippen LogP contribution in [0.25, 0.3) is 10.8 Å². The van der Waals surface area contributed by atoms with Gasteiger partial charge in [-0.05, 0) is 10.9 Å². The largest absolute Gasteiger partial charge is 0.264 e. The maximum absolute atomic E-state index is 11.1. The quantitative estimate of drug-likeness (QED) is 0.777. The molecule has 3 nitrogen and oxygen atoms in total. The van der Waals surface area contributed by atoms with Crippen LogP contribution in [0.3, 0.4) is 0 Å². The summed E-state index contributed by atoms with van der Waals surface area (Å²) in [5.41, 5.74) is 0.697. The fourth-order valence-corrected chi connectivity index (χ4v) is 2.23. The number of rotatable bonds is 2. The van der Waals surface area contributed by atoms with E-state index in [2.05, 4.69) is 11.2 Å². The van der Waals surface area contributed by atoms with Crippen molar-refractivity contribution < 1.29 is 8.42 Å². The minimum atomic E-state index is -3.26. The lowest BCUT2D eigenvalue weighted by Gasteiger charge is -2.03. The monoisotopic (exact) mass is 220 g/mol. The van der Waals surface area contributed by atoms with Crippen molar-refractivity contribution in [2.75, 3.05) is 0 Å².